The molecule has 3 heterocycles. The Kier molecular flexibility index (Phi) is 8.27. The van der Waals surface area contributed by atoms with E-state index in [0.29, 0.717) is 32.5 Å². The predicted octanol–water partition coefficient (Wildman–Crippen LogP) is 5.05. The Hall–Kier alpha value is -2.09. The maximum absolute atomic E-state index is 12.2. The third-order valence-corrected chi connectivity index (χ3v) is 7.41. The second kappa shape index (κ2) is 11.8. The smallest absolute Gasteiger partial charge is 0.306 e. The minimum absolute atomic E-state index is 0.0450. The first kappa shape index (κ1) is 24.6. The van der Waals surface area contributed by atoms with Crippen LogP contribution in [-0.4, -0.2) is 50.6 Å². The molecule has 35 heavy (non-hydrogen) atoms. The summed E-state index contributed by atoms with van der Waals surface area (Å²) < 4.78 is 36.4. The van der Waals surface area contributed by atoms with Crippen molar-refractivity contribution in [2.75, 3.05) is 19.8 Å². The Morgan fingerprint density at radius 3 is 2.63 bits per heavy atom. The lowest BCUT2D eigenvalue weighted by Gasteiger charge is -2.33. The Bertz CT molecular complexity index is 872. The molecule has 0 N–H and O–H groups in total. The van der Waals surface area contributed by atoms with E-state index in [1.807, 2.05) is 18.2 Å². The van der Waals surface area contributed by atoms with Crippen LogP contribution in [0.3, 0.4) is 0 Å². The van der Waals surface area contributed by atoms with Gasteiger partial charge in [0.15, 0.2) is 12.6 Å². The molecule has 0 radical (unpaired) electrons. The van der Waals surface area contributed by atoms with Crippen LogP contribution in [0.1, 0.15) is 63.4 Å². The average Bonchev–Trinajstić information content (AvgIpc) is 3.37. The molecule has 3 saturated heterocycles. The van der Waals surface area contributed by atoms with Gasteiger partial charge in [0.05, 0.1) is 25.7 Å². The number of fused-ring (bicyclic) bond motifs is 1. The number of hydrogen-bond acceptors (Lipinski definition) is 7. The predicted molar refractivity (Wildman–Crippen MR) is 129 cm³/mol. The lowest BCUT2D eigenvalue weighted by molar-refractivity contribution is -0.201. The van der Waals surface area contributed by atoms with Crippen LogP contribution in [0, 0.1) is 18.8 Å². The third kappa shape index (κ3) is 6.38. The zero-order valence-electron chi connectivity index (χ0n) is 20.7. The monoisotopic (exact) mass is 486 g/mol. The number of aryl methyl sites for hydroxylation is 1. The van der Waals surface area contributed by atoms with Crippen molar-refractivity contribution in [3.63, 3.8) is 0 Å². The molecular weight excluding hydrogens is 448 g/mol. The van der Waals surface area contributed by atoms with Gasteiger partial charge in [0.25, 0.3) is 0 Å². The number of carbonyl (C=O) groups is 1. The molecule has 6 atom stereocenters. The molecule has 7 heteroatoms. The summed E-state index contributed by atoms with van der Waals surface area (Å²) in [4.78, 5) is 12.2. The van der Waals surface area contributed by atoms with Gasteiger partial charge in [0.2, 0.25) is 0 Å². The van der Waals surface area contributed by atoms with Crippen molar-refractivity contribution in [1.29, 1.82) is 0 Å². The van der Waals surface area contributed by atoms with Crippen molar-refractivity contribution in [1.82, 2.24) is 0 Å². The lowest BCUT2D eigenvalue weighted by atomic mass is 9.89. The number of hydrogen-bond donors (Lipinski definition) is 0. The molecule has 1 saturated carbocycles. The molecule has 4 aliphatic rings. The van der Waals surface area contributed by atoms with Crippen molar-refractivity contribution < 1.29 is 33.2 Å². The van der Waals surface area contributed by atoms with E-state index in [2.05, 4.69) is 19.1 Å². The second-order valence-corrected chi connectivity index (χ2v) is 10.1. The molecule has 5 rings (SSSR count). The fourth-order valence-corrected chi connectivity index (χ4v) is 5.71. The second-order valence-electron chi connectivity index (χ2n) is 10.1. The maximum Gasteiger partial charge on any atom is 0.306 e. The molecule has 4 fully saturated rings. The van der Waals surface area contributed by atoms with Gasteiger partial charge in [-0.1, -0.05) is 12.1 Å². The fraction of sp³-hybridized carbons (Fsp3) is 0.679. The average molecular weight is 487 g/mol. The highest BCUT2D eigenvalue weighted by atomic mass is 16.7. The summed E-state index contributed by atoms with van der Waals surface area (Å²) in [6.45, 7) is 4.04. The van der Waals surface area contributed by atoms with Gasteiger partial charge >= 0.3 is 5.97 Å². The maximum atomic E-state index is 12.2. The first-order valence-corrected chi connectivity index (χ1v) is 13.3. The van der Waals surface area contributed by atoms with Gasteiger partial charge in [-0.2, -0.15) is 0 Å². The van der Waals surface area contributed by atoms with E-state index in [-0.39, 0.29) is 42.6 Å². The highest BCUT2D eigenvalue weighted by Crippen LogP contribution is 2.47. The van der Waals surface area contributed by atoms with Crippen LogP contribution in [0.2, 0.25) is 0 Å². The van der Waals surface area contributed by atoms with E-state index < -0.39 is 0 Å². The summed E-state index contributed by atoms with van der Waals surface area (Å²) in [5.41, 5.74) is 1.17. The molecule has 0 bridgehead atoms. The van der Waals surface area contributed by atoms with Crippen LogP contribution in [0.4, 0.5) is 0 Å². The molecule has 192 valence electrons. The van der Waals surface area contributed by atoms with Gasteiger partial charge in [0, 0.05) is 37.7 Å². The van der Waals surface area contributed by atoms with Crippen LogP contribution in [-0.2, 0) is 28.5 Å². The van der Waals surface area contributed by atoms with Crippen molar-refractivity contribution in [2.45, 2.75) is 89.5 Å². The van der Waals surface area contributed by atoms with Gasteiger partial charge < -0.3 is 28.4 Å². The molecular formula is C28H38O7. The highest BCUT2D eigenvalue weighted by molar-refractivity contribution is 5.72. The minimum Gasteiger partial charge on any atom is -0.493 e. The van der Waals surface area contributed by atoms with Crippen molar-refractivity contribution in [2.24, 2.45) is 11.8 Å². The van der Waals surface area contributed by atoms with Crippen molar-refractivity contribution in [3.8, 4) is 5.75 Å². The topological polar surface area (TPSA) is 72.5 Å². The zero-order valence-corrected chi connectivity index (χ0v) is 20.7. The van der Waals surface area contributed by atoms with E-state index in [1.54, 1.807) is 0 Å². The van der Waals surface area contributed by atoms with Crippen LogP contribution in [0.15, 0.2) is 36.1 Å². The number of rotatable bonds is 9. The zero-order chi connectivity index (χ0) is 24.0. The first-order valence-electron chi connectivity index (χ1n) is 13.3. The van der Waals surface area contributed by atoms with Crippen molar-refractivity contribution >= 4 is 5.97 Å². The van der Waals surface area contributed by atoms with E-state index in [0.717, 1.165) is 56.6 Å². The van der Waals surface area contributed by atoms with Crippen LogP contribution >= 0.6 is 0 Å². The molecule has 0 spiro atoms. The number of esters is 1. The number of carbonyl (C=O) groups excluding carboxylic acids is 1. The Morgan fingerprint density at radius 2 is 1.89 bits per heavy atom. The van der Waals surface area contributed by atoms with E-state index in [1.165, 1.54) is 5.56 Å². The summed E-state index contributed by atoms with van der Waals surface area (Å²) in [5, 5.41) is 0. The quantitative estimate of drug-likeness (QED) is 0.275. The molecule has 2 unspecified atom stereocenters. The van der Waals surface area contributed by atoms with Gasteiger partial charge in [-0.25, -0.2) is 0 Å². The summed E-state index contributed by atoms with van der Waals surface area (Å²) >= 11 is 0. The first-order chi connectivity index (χ1) is 17.2. The van der Waals surface area contributed by atoms with Gasteiger partial charge in [-0.3, -0.25) is 4.79 Å². The summed E-state index contributed by atoms with van der Waals surface area (Å²) in [5.74, 6) is 1.55. The Morgan fingerprint density at radius 1 is 1.09 bits per heavy atom. The largest absolute Gasteiger partial charge is 0.493 e. The third-order valence-electron chi connectivity index (χ3n) is 7.41. The summed E-state index contributed by atoms with van der Waals surface area (Å²) in [6.07, 6.45) is 9.23. The molecule has 7 nitrogen and oxygen atoms in total. The molecule has 0 amide bonds. The van der Waals surface area contributed by atoms with E-state index in [9.17, 15) is 4.79 Å². The van der Waals surface area contributed by atoms with Crippen LogP contribution in [0.5, 0.6) is 5.75 Å². The summed E-state index contributed by atoms with van der Waals surface area (Å²) in [7, 11) is 0. The molecule has 1 aromatic carbocycles. The Labute approximate surface area is 208 Å². The normalized spacial score (nSPS) is 33.3. The summed E-state index contributed by atoms with van der Waals surface area (Å²) in [6, 6.07) is 8.07. The minimum atomic E-state index is -0.267. The van der Waals surface area contributed by atoms with Gasteiger partial charge in [0.1, 0.15) is 17.6 Å². The number of ether oxygens (including phenoxy) is 6. The SMILES string of the molecule is Cc1cccc(OCC/C=C(/OC2CCCCO2)[C@@H]2[C@@H]3CC(=O)O[C@@H]3C[C@H]2OC2CCCCO2)c1. The standard InChI is InChI=1S/C28H38O7/c1-19-8-6-9-20(16-19)30-15-7-10-22(34-26-11-2-4-13-31-26)28-21-17-25(29)33-23(21)18-24(28)35-27-12-3-5-14-32-27/h6,8-10,16,21,23-24,26-28H,2-5,7,11-15,17-18H2,1H3/b22-10+/t21-,23-,24-,26?,27?,28+/m1/s1. The molecule has 1 aromatic rings. The molecule has 0 aromatic heterocycles. The van der Waals surface area contributed by atoms with Crippen molar-refractivity contribution in [3.05, 3.63) is 41.7 Å². The molecule has 3 aliphatic heterocycles. The van der Waals surface area contributed by atoms with E-state index >= 15 is 0 Å². The van der Waals surface area contributed by atoms with Gasteiger partial charge in [-0.05, 0) is 62.8 Å². The van der Waals surface area contributed by atoms with E-state index in [4.69, 9.17) is 28.4 Å². The highest BCUT2D eigenvalue weighted by Gasteiger charge is 2.53. The fourth-order valence-electron chi connectivity index (χ4n) is 5.71. The molecule has 1 aliphatic carbocycles. The van der Waals surface area contributed by atoms with Gasteiger partial charge in [-0.15, -0.1) is 0 Å². The van der Waals surface area contributed by atoms with Crippen LogP contribution in [0.25, 0.3) is 0 Å². The lowest BCUT2D eigenvalue weighted by Crippen LogP contribution is -2.34. The number of benzene rings is 1. The Balaban J connectivity index is 1.32. The van der Waals surface area contributed by atoms with Crippen LogP contribution < -0.4 is 4.74 Å².